The number of hydrogen-bond donors (Lipinski definition) is 1. The van der Waals surface area contributed by atoms with Gasteiger partial charge in [-0.05, 0) is 49.5 Å². The van der Waals surface area contributed by atoms with E-state index in [4.69, 9.17) is 0 Å². The van der Waals surface area contributed by atoms with Crippen LogP contribution in [0.4, 0.5) is 4.79 Å². The van der Waals surface area contributed by atoms with E-state index in [-0.39, 0.29) is 6.03 Å². The second-order valence-electron chi connectivity index (χ2n) is 8.11. The molecule has 1 saturated heterocycles. The molecule has 25 heavy (non-hydrogen) atoms. The van der Waals surface area contributed by atoms with Crippen molar-refractivity contribution in [2.45, 2.75) is 51.1 Å². The molecule has 0 radical (unpaired) electrons. The Labute approximate surface area is 151 Å². The molecule has 3 aliphatic rings. The molecule has 1 N–H and O–H groups in total. The van der Waals surface area contributed by atoms with Crippen LogP contribution in [0.25, 0.3) is 0 Å². The minimum atomic E-state index is 0.186. The fourth-order valence-electron chi connectivity index (χ4n) is 4.28. The highest BCUT2D eigenvalue weighted by molar-refractivity contribution is 5.74. The number of nitrogens with zero attached hydrogens (tertiary/aromatic N) is 2. The van der Waals surface area contributed by atoms with Crippen LogP contribution >= 0.6 is 0 Å². The van der Waals surface area contributed by atoms with Gasteiger partial charge < -0.3 is 10.2 Å². The Bertz CT molecular complexity index is 568. The number of nitrogens with one attached hydrogen (secondary N) is 1. The molecule has 0 bridgehead atoms. The van der Waals surface area contributed by atoms with Gasteiger partial charge in [-0.25, -0.2) is 4.79 Å². The highest BCUT2D eigenvalue weighted by Crippen LogP contribution is 2.42. The lowest BCUT2D eigenvalue weighted by Gasteiger charge is -2.36. The van der Waals surface area contributed by atoms with E-state index < -0.39 is 0 Å². The van der Waals surface area contributed by atoms with E-state index in [9.17, 15) is 4.79 Å². The molecule has 1 aromatic rings. The summed E-state index contributed by atoms with van der Waals surface area (Å²) < 4.78 is 0. The number of carbonyl (C=O) groups excluding carboxylic acids is 1. The second-order valence-corrected chi connectivity index (χ2v) is 8.11. The first-order chi connectivity index (χ1) is 12.3. The van der Waals surface area contributed by atoms with Gasteiger partial charge in [0.25, 0.3) is 0 Å². The van der Waals surface area contributed by atoms with Crippen molar-refractivity contribution in [1.82, 2.24) is 15.1 Å². The zero-order valence-electron chi connectivity index (χ0n) is 15.2. The van der Waals surface area contributed by atoms with Gasteiger partial charge in [0.05, 0.1) is 0 Å². The first-order valence-electron chi connectivity index (χ1n) is 10.1. The number of rotatable bonds is 5. The van der Waals surface area contributed by atoms with Gasteiger partial charge in [0.15, 0.2) is 0 Å². The lowest BCUT2D eigenvalue weighted by molar-refractivity contribution is 0.168. The van der Waals surface area contributed by atoms with E-state index in [0.29, 0.717) is 6.04 Å². The van der Waals surface area contributed by atoms with E-state index in [2.05, 4.69) is 45.4 Å². The monoisotopic (exact) mass is 341 g/mol. The normalized spacial score (nSPS) is 23.6. The van der Waals surface area contributed by atoms with Gasteiger partial charge in [0.1, 0.15) is 0 Å². The molecule has 1 unspecified atom stereocenters. The van der Waals surface area contributed by atoms with Crippen LogP contribution in [0.3, 0.4) is 0 Å². The molecule has 1 aliphatic heterocycles. The quantitative estimate of drug-likeness (QED) is 0.890. The average Bonchev–Trinajstić information content (AvgIpc) is 3.41. The average molecular weight is 341 g/mol. The van der Waals surface area contributed by atoms with Crippen molar-refractivity contribution < 1.29 is 4.79 Å². The Kier molecular flexibility index (Phi) is 5.25. The largest absolute Gasteiger partial charge is 0.335 e. The van der Waals surface area contributed by atoms with Crippen LogP contribution in [-0.4, -0.2) is 48.1 Å². The van der Waals surface area contributed by atoms with E-state index in [1.165, 1.54) is 37.7 Å². The molecule has 3 fully saturated rings. The zero-order valence-corrected chi connectivity index (χ0v) is 15.2. The van der Waals surface area contributed by atoms with Crippen molar-refractivity contribution in [3.05, 3.63) is 35.9 Å². The summed E-state index contributed by atoms with van der Waals surface area (Å²) in [5.41, 5.74) is 1.36. The summed E-state index contributed by atoms with van der Waals surface area (Å²) in [5.74, 6) is 1.51. The van der Waals surface area contributed by atoms with Crippen LogP contribution in [0.2, 0.25) is 0 Å². The highest BCUT2D eigenvalue weighted by Gasteiger charge is 2.40. The third-order valence-corrected chi connectivity index (χ3v) is 6.20. The minimum absolute atomic E-state index is 0.186. The highest BCUT2D eigenvalue weighted by atomic mass is 16.2. The smallest absolute Gasteiger partial charge is 0.317 e. The van der Waals surface area contributed by atoms with Gasteiger partial charge in [0.2, 0.25) is 0 Å². The molecular weight excluding hydrogens is 310 g/mol. The van der Waals surface area contributed by atoms with Crippen LogP contribution in [0.1, 0.15) is 44.1 Å². The van der Waals surface area contributed by atoms with Crippen molar-refractivity contribution >= 4 is 6.03 Å². The molecule has 4 nitrogen and oxygen atoms in total. The van der Waals surface area contributed by atoms with Crippen molar-refractivity contribution in [3.8, 4) is 0 Å². The molecule has 1 heterocycles. The van der Waals surface area contributed by atoms with Gasteiger partial charge in [-0.3, -0.25) is 4.90 Å². The second kappa shape index (κ2) is 7.77. The third kappa shape index (κ3) is 4.35. The first kappa shape index (κ1) is 16.9. The van der Waals surface area contributed by atoms with Gasteiger partial charge >= 0.3 is 6.03 Å². The Morgan fingerprint density at radius 2 is 1.72 bits per heavy atom. The van der Waals surface area contributed by atoms with Crippen LogP contribution in [0, 0.1) is 11.8 Å². The molecule has 4 rings (SSSR count). The third-order valence-electron chi connectivity index (χ3n) is 6.20. The zero-order chi connectivity index (χ0) is 17.1. The van der Waals surface area contributed by atoms with Crippen LogP contribution in [-0.2, 0) is 6.54 Å². The summed E-state index contributed by atoms with van der Waals surface area (Å²) in [7, 11) is 0. The van der Waals surface area contributed by atoms with Crippen LogP contribution in [0.5, 0.6) is 0 Å². The van der Waals surface area contributed by atoms with Crippen molar-refractivity contribution in [3.63, 3.8) is 0 Å². The molecule has 0 spiro atoms. The number of benzene rings is 1. The van der Waals surface area contributed by atoms with E-state index in [0.717, 1.165) is 51.0 Å². The van der Waals surface area contributed by atoms with Crippen molar-refractivity contribution in [1.29, 1.82) is 0 Å². The van der Waals surface area contributed by atoms with Gasteiger partial charge in [-0.2, -0.15) is 0 Å². The lowest BCUT2D eigenvalue weighted by Crippen LogP contribution is -2.50. The number of carbonyl (C=O) groups is 1. The molecule has 1 atom stereocenters. The fraction of sp³-hybridized carbons (Fsp3) is 0.667. The number of hydrogen-bond acceptors (Lipinski definition) is 2. The topological polar surface area (TPSA) is 35.6 Å². The summed E-state index contributed by atoms with van der Waals surface area (Å²) in [6.07, 6.45) is 7.66. The maximum Gasteiger partial charge on any atom is 0.317 e. The Morgan fingerprint density at radius 3 is 2.40 bits per heavy atom. The SMILES string of the molecule is O=C(NC(C1CCC1)C1CC1)N1CCCN(Cc2ccccc2)CC1. The Hall–Kier alpha value is -1.55. The van der Waals surface area contributed by atoms with E-state index in [1.807, 2.05) is 0 Å². The van der Waals surface area contributed by atoms with Gasteiger partial charge in [0, 0.05) is 38.8 Å². The first-order valence-corrected chi connectivity index (χ1v) is 10.1. The molecule has 0 aromatic heterocycles. The molecule has 4 heteroatoms. The maximum atomic E-state index is 12.8. The minimum Gasteiger partial charge on any atom is -0.335 e. The molecule has 2 amide bonds. The summed E-state index contributed by atoms with van der Waals surface area (Å²) in [6.45, 7) is 4.77. The molecule has 2 aliphatic carbocycles. The Morgan fingerprint density at radius 1 is 0.960 bits per heavy atom. The van der Waals surface area contributed by atoms with Crippen molar-refractivity contribution in [2.24, 2.45) is 11.8 Å². The maximum absolute atomic E-state index is 12.8. The van der Waals surface area contributed by atoms with Gasteiger partial charge in [-0.1, -0.05) is 36.8 Å². The number of amides is 2. The lowest BCUT2D eigenvalue weighted by atomic mass is 9.78. The van der Waals surface area contributed by atoms with Crippen LogP contribution in [0.15, 0.2) is 30.3 Å². The fourth-order valence-corrected chi connectivity index (χ4v) is 4.28. The standard InChI is InChI=1S/C21H31N3O/c25-21(22-20(19-10-11-19)18-8-4-9-18)24-13-5-12-23(14-15-24)16-17-6-2-1-3-7-17/h1-3,6-7,18-20H,4-5,8-16H2,(H,22,25). The van der Waals surface area contributed by atoms with E-state index >= 15 is 0 Å². The van der Waals surface area contributed by atoms with E-state index in [1.54, 1.807) is 0 Å². The molecular formula is C21H31N3O. The summed E-state index contributed by atoms with van der Waals surface area (Å²) in [4.78, 5) is 17.3. The van der Waals surface area contributed by atoms with Crippen LogP contribution < -0.4 is 5.32 Å². The molecule has 136 valence electrons. The summed E-state index contributed by atoms with van der Waals surface area (Å²) in [6, 6.07) is 11.3. The predicted octanol–water partition coefficient (Wildman–Crippen LogP) is 3.48. The molecule has 2 saturated carbocycles. The number of urea groups is 1. The Balaban J connectivity index is 1.28. The summed E-state index contributed by atoms with van der Waals surface area (Å²) >= 11 is 0. The van der Waals surface area contributed by atoms with Gasteiger partial charge in [-0.15, -0.1) is 0 Å². The molecule has 1 aromatic carbocycles. The van der Waals surface area contributed by atoms with Crippen molar-refractivity contribution in [2.75, 3.05) is 26.2 Å². The predicted molar refractivity (Wildman–Crippen MR) is 100 cm³/mol. The summed E-state index contributed by atoms with van der Waals surface area (Å²) in [5, 5.41) is 3.41.